The van der Waals surface area contributed by atoms with Gasteiger partial charge in [0.2, 0.25) is 11.9 Å². The van der Waals surface area contributed by atoms with Gasteiger partial charge in [0.1, 0.15) is 22.9 Å². The maximum atomic E-state index is 16.5. The molecule has 1 aliphatic carbocycles. The number of aromatic nitrogens is 2. The van der Waals surface area contributed by atoms with Gasteiger partial charge in [0.05, 0.1) is 10.6 Å². The van der Waals surface area contributed by atoms with Crippen LogP contribution in [0.25, 0.3) is 22.0 Å². The van der Waals surface area contributed by atoms with Crippen LogP contribution in [-0.4, -0.2) is 88.2 Å². The first kappa shape index (κ1) is 28.6. The molecule has 1 saturated carbocycles. The fourth-order valence-corrected chi connectivity index (χ4v) is 6.62. The van der Waals surface area contributed by atoms with Crippen LogP contribution in [0.3, 0.4) is 0 Å². The van der Waals surface area contributed by atoms with Crippen LogP contribution in [0.1, 0.15) is 33.1 Å². The standard InChI is InChI=1S/C31H35ClF2N6O2/c1-5-25(42)39-13-18(3)40(14-17(39)2)30-21-12-22(32)26(27-23(33)10-7-11-24(27)41)28(34)29(21)35-31(36-30)38-15-20(16-38)37(4)19-8-6-9-19/h5,7,10-12,17-20,41H,1,6,8-9,13-16H2,2-4H3/t17-,18+/m1/s1. The minimum absolute atomic E-state index is 0.00250. The van der Waals surface area contributed by atoms with Crippen LogP contribution >= 0.6 is 11.6 Å². The second-order valence-corrected chi connectivity index (χ2v) is 12.2. The van der Waals surface area contributed by atoms with E-state index in [1.807, 2.05) is 18.7 Å². The zero-order valence-corrected chi connectivity index (χ0v) is 24.8. The number of fused-ring (bicyclic) bond motifs is 1. The van der Waals surface area contributed by atoms with Gasteiger partial charge in [0.25, 0.3) is 0 Å². The molecule has 0 bridgehead atoms. The Hall–Kier alpha value is -3.50. The van der Waals surface area contributed by atoms with E-state index in [4.69, 9.17) is 16.6 Å². The Bertz CT molecular complexity index is 1540. The molecule has 8 nitrogen and oxygen atoms in total. The minimum Gasteiger partial charge on any atom is -0.507 e. The molecule has 3 aromatic rings. The summed E-state index contributed by atoms with van der Waals surface area (Å²) in [6, 6.07) is 5.98. The molecule has 2 saturated heterocycles. The van der Waals surface area contributed by atoms with Gasteiger partial charge in [0.15, 0.2) is 5.82 Å². The Kier molecular flexibility index (Phi) is 7.47. The number of phenolic OH excluding ortho intramolecular Hbond substituents is 1. The van der Waals surface area contributed by atoms with Crippen LogP contribution < -0.4 is 9.80 Å². The number of nitrogens with zero attached hydrogens (tertiary/aromatic N) is 6. The topological polar surface area (TPSA) is 76.0 Å². The van der Waals surface area contributed by atoms with Crippen molar-refractivity contribution in [1.82, 2.24) is 19.8 Å². The van der Waals surface area contributed by atoms with Crippen molar-refractivity contribution in [3.05, 3.63) is 53.6 Å². The third kappa shape index (κ3) is 4.74. The lowest BCUT2D eigenvalue weighted by Crippen LogP contribution is -2.62. The molecule has 11 heteroatoms. The summed E-state index contributed by atoms with van der Waals surface area (Å²) in [5.74, 6) is -1.30. The van der Waals surface area contributed by atoms with Crippen LogP contribution in [-0.2, 0) is 4.79 Å². The molecule has 3 heterocycles. The fraction of sp³-hybridized carbons (Fsp3) is 0.452. The fourth-order valence-electron chi connectivity index (χ4n) is 6.33. The molecule has 0 spiro atoms. The predicted molar refractivity (Wildman–Crippen MR) is 161 cm³/mol. The molecule has 222 valence electrons. The number of aromatic hydroxyl groups is 1. The summed E-state index contributed by atoms with van der Waals surface area (Å²) in [6.07, 6.45) is 4.98. The molecule has 2 aliphatic heterocycles. The molecular formula is C31H35ClF2N6O2. The molecule has 1 N–H and O–H groups in total. The smallest absolute Gasteiger partial charge is 0.246 e. The van der Waals surface area contributed by atoms with Crippen molar-refractivity contribution in [3.63, 3.8) is 0 Å². The summed E-state index contributed by atoms with van der Waals surface area (Å²) >= 11 is 6.62. The third-order valence-electron chi connectivity index (χ3n) is 9.18. The minimum atomic E-state index is -0.826. The first-order chi connectivity index (χ1) is 20.1. The Morgan fingerprint density at radius 3 is 2.48 bits per heavy atom. The monoisotopic (exact) mass is 596 g/mol. The van der Waals surface area contributed by atoms with Crippen LogP contribution in [0.4, 0.5) is 20.5 Å². The van der Waals surface area contributed by atoms with Gasteiger partial charge in [-0.2, -0.15) is 4.98 Å². The lowest BCUT2D eigenvalue weighted by Gasteiger charge is -2.49. The summed E-state index contributed by atoms with van der Waals surface area (Å²) < 4.78 is 31.4. The van der Waals surface area contributed by atoms with Gasteiger partial charge in [-0.3, -0.25) is 9.69 Å². The molecule has 1 aromatic heterocycles. The van der Waals surface area contributed by atoms with E-state index < -0.39 is 17.4 Å². The second-order valence-electron chi connectivity index (χ2n) is 11.8. The van der Waals surface area contributed by atoms with Crippen LogP contribution in [0.2, 0.25) is 5.02 Å². The van der Waals surface area contributed by atoms with Crippen molar-refractivity contribution in [1.29, 1.82) is 0 Å². The van der Waals surface area contributed by atoms with E-state index in [0.29, 0.717) is 55.4 Å². The highest BCUT2D eigenvalue weighted by molar-refractivity contribution is 6.34. The number of likely N-dealkylation sites (N-methyl/N-ethyl adjacent to an activating group) is 1. The van der Waals surface area contributed by atoms with Crippen molar-refractivity contribution in [2.75, 3.05) is 43.0 Å². The highest BCUT2D eigenvalue weighted by Gasteiger charge is 2.38. The number of benzene rings is 2. The highest BCUT2D eigenvalue weighted by atomic mass is 35.5. The normalized spacial score (nSPS) is 21.5. The molecular weight excluding hydrogens is 562 g/mol. The summed E-state index contributed by atoms with van der Waals surface area (Å²) in [4.78, 5) is 30.4. The van der Waals surface area contributed by atoms with Crippen LogP contribution in [0.5, 0.6) is 5.75 Å². The van der Waals surface area contributed by atoms with E-state index in [2.05, 4.69) is 28.4 Å². The number of rotatable bonds is 6. The van der Waals surface area contributed by atoms with Gasteiger partial charge in [-0.25, -0.2) is 13.8 Å². The number of hydrogen-bond acceptors (Lipinski definition) is 7. The maximum absolute atomic E-state index is 16.5. The molecule has 2 aromatic carbocycles. The highest BCUT2D eigenvalue weighted by Crippen LogP contribution is 2.43. The molecule has 0 unspecified atom stereocenters. The van der Waals surface area contributed by atoms with Crippen molar-refractivity contribution >= 4 is 40.2 Å². The van der Waals surface area contributed by atoms with E-state index in [9.17, 15) is 14.3 Å². The zero-order chi connectivity index (χ0) is 29.9. The Balaban J connectivity index is 1.46. The second kappa shape index (κ2) is 11.0. The summed E-state index contributed by atoms with van der Waals surface area (Å²) in [7, 11) is 2.15. The Morgan fingerprint density at radius 2 is 1.83 bits per heavy atom. The van der Waals surface area contributed by atoms with E-state index in [0.717, 1.165) is 6.07 Å². The average molecular weight is 597 g/mol. The lowest BCUT2D eigenvalue weighted by atomic mass is 9.90. The first-order valence-electron chi connectivity index (χ1n) is 14.4. The van der Waals surface area contributed by atoms with Gasteiger partial charge in [-0.05, 0) is 58.0 Å². The predicted octanol–water partition coefficient (Wildman–Crippen LogP) is 5.22. The summed E-state index contributed by atoms with van der Waals surface area (Å²) in [6.45, 7) is 9.87. The quantitative estimate of drug-likeness (QED) is 0.391. The zero-order valence-electron chi connectivity index (χ0n) is 24.0. The number of carbonyl (C=O) groups is 1. The number of carbonyl (C=O) groups excluding carboxylic acids is 1. The number of phenols is 1. The van der Waals surface area contributed by atoms with Gasteiger partial charge in [-0.1, -0.05) is 30.7 Å². The number of halogens is 3. The van der Waals surface area contributed by atoms with Gasteiger partial charge in [-0.15, -0.1) is 0 Å². The van der Waals surface area contributed by atoms with E-state index in [1.54, 1.807) is 11.0 Å². The summed E-state index contributed by atoms with van der Waals surface area (Å²) in [5, 5.41) is 10.8. The van der Waals surface area contributed by atoms with Gasteiger partial charge < -0.3 is 19.8 Å². The number of hydrogen-bond donors (Lipinski definition) is 1. The lowest BCUT2D eigenvalue weighted by molar-refractivity contribution is -0.128. The van der Waals surface area contributed by atoms with Crippen molar-refractivity contribution in [2.24, 2.45) is 0 Å². The molecule has 6 rings (SSSR count). The van der Waals surface area contributed by atoms with Crippen molar-refractivity contribution < 1.29 is 18.7 Å². The maximum Gasteiger partial charge on any atom is 0.246 e. The first-order valence-corrected chi connectivity index (χ1v) is 14.8. The van der Waals surface area contributed by atoms with Crippen LogP contribution in [0.15, 0.2) is 36.9 Å². The number of piperazine rings is 1. The van der Waals surface area contributed by atoms with E-state index in [-0.39, 0.29) is 39.7 Å². The van der Waals surface area contributed by atoms with Crippen molar-refractivity contribution in [2.45, 2.75) is 57.3 Å². The summed E-state index contributed by atoms with van der Waals surface area (Å²) in [5.41, 5.74) is -0.560. The van der Waals surface area contributed by atoms with E-state index in [1.165, 1.54) is 37.5 Å². The Morgan fingerprint density at radius 1 is 1.10 bits per heavy atom. The third-order valence-corrected chi connectivity index (χ3v) is 9.48. The molecule has 2 atom stereocenters. The Labute approximate surface area is 249 Å². The molecule has 1 amide bonds. The molecule has 3 fully saturated rings. The van der Waals surface area contributed by atoms with Crippen molar-refractivity contribution in [3.8, 4) is 16.9 Å². The van der Waals surface area contributed by atoms with Gasteiger partial charge in [0, 0.05) is 61.3 Å². The molecule has 0 radical (unpaired) electrons. The number of amides is 1. The van der Waals surface area contributed by atoms with Crippen LogP contribution in [0, 0.1) is 11.6 Å². The number of anilines is 2. The molecule has 42 heavy (non-hydrogen) atoms. The molecule has 3 aliphatic rings. The average Bonchev–Trinajstić information content (AvgIpc) is 2.89. The largest absolute Gasteiger partial charge is 0.507 e. The SMILES string of the molecule is C=CC(=O)N1C[C@H](C)N(c2nc(N3CC(N(C)C4CCC4)C3)nc3c(F)c(-c4c(O)cccc4F)c(Cl)cc23)C[C@H]1C. The van der Waals surface area contributed by atoms with Gasteiger partial charge >= 0.3 is 0 Å². The van der Waals surface area contributed by atoms with E-state index >= 15 is 4.39 Å².